The number of ether oxygens (including phenoxy) is 2. The summed E-state index contributed by atoms with van der Waals surface area (Å²) in [6, 6.07) is 6.16. The fourth-order valence-electron chi connectivity index (χ4n) is 2.21. The van der Waals surface area contributed by atoms with E-state index in [-0.39, 0.29) is 12.0 Å². The fraction of sp³-hybridized carbons (Fsp3) is 0.571. The van der Waals surface area contributed by atoms with Crippen LogP contribution >= 0.6 is 0 Å². The number of aliphatic hydroxyl groups excluding tert-OH is 1. The van der Waals surface area contributed by atoms with E-state index in [0.717, 1.165) is 11.3 Å². The van der Waals surface area contributed by atoms with Gasteiger partial charge in [-0.15, -0.1) is 0 Å². The SMILES string of the molecule is COc1ccc(C2(CO)COC2)cc1C(C)C. The Balaban J connectivity index is 2.40. The van der Waals surface area contributed by atoms with Gasteiger partial charge in [0.05, 0.1) is 32.3 Å². The molecule has 1 heterocycles. The Bertz CT molecular complexity index is 389. The molecule has 3 heteroatoms. The molecular weight excluding hydrogens is 216 g/mol. The lowest BCUT2D eigenvalue weighted by atomic mass is 9.78. The van der Waals surface area contributed by atoms with Gasteiger partial charge in [-0.05, 0) is 23.1 Å². The molecule has 0 atom stereocenters. The van der Waals surface area contributed by atoms with Crippen LogP contribution in [0.25, 0.3) is 0 Å². The predicted molar refractivity (Wildman–Crippen MR) is 66.7 cm³/mol. The van der Waals surface area contributed by atoms with E-state index < -0.39 is 0 Å². The number of hydrogen-bond donors (Lipinski definition) is 1. The van der Waals surface area contributed by atoms with Gasteiger partial charge < -0.3 is 14.6 Å². The molecule has 0 radical (unpaired) electrons. The van der Waals surface area contributed by atoms with Crippen LogP contribution < -0.4 is 4.74 Å². The van der Waals surface area contributed by atoms with Gasteiger partial charge >= 0.3 is 0 Å². The molecule has 1 fully saturated rings. The number of aliphatic hydroxyl groups is 1. The van der Waals surface area contributed by atoms with E-state index in [4.69, 9.17) is 9.47 Å². The summed E-state index contributed by atoms with van der Waals surface area (Å²) in [5, 5.41) is 9.53. The molecule has 0 aliphatic carbocycles. The van der Waals surface area contributed by atoms with Crippen LogP contribution in [0.3, 0.4) is 0 Å². The van der Waals surface area contributed by atoms with Crippen molar-refractivity contribution in [1.29, 1.82) is 0 Å². The van der Waals surface area contributed by atoms with Crippen LogP contribution in [0.5, 0.6) is 5.75 Å². The van der Waals surface area contributed by atoms with Crippen LogP contribution in [-0.4, -0.2) is 32.0 Å². The van der Waals surface area contributed by atoms with Crippen molar-refractivity contribution in [3.05, 3.63) is 29.3 Å². The maximum absolute atomic E-state index is 9.53. The summed E-state index contributed by atoms with van der Waals surface area (Å²) in [6.45, 7) is 5.63. The van der Waals surface area contributed by atoms with Gasteiger partial charge in [-0.25, -0.2) is 0 Å². The maximum Gasteiger partial charge on any atom is 0.122 e. The van der Waals surface area contributed by atoms with E-state index in [1.807, 2.05) is 12.1 Å². The molecule has 3 nitrogen and oxygen atoms in total. The van der Waals surface area contributed by atoms with Crippen LogP contribution in [0.2, 0.25) is 0 Å². The van der Waals surface area contributed by atoms with Crippen LogP contribution in [0, 0.1) is 0 Å². The molecule has 1 aromatic carbocycles. The molecule has 94 valence electrons. The first kappa shape index (κ1) is 12.4. The highest BCUT2D eigenvalue weighted by Crippen LogP contribution is 2.36. The van der Waals surface area contributed by atoms with Crippen molar-refractivity contribution in [1.82, 2.24) is 0 Å². The molecule has 1 aromatic rings. The molecule has 0 bridgehead atoms. The molecule has 0 amide bonds. The number of hydrogen-bond acceptors (Lipinski definition) is 3. The second kappa shape index (κ2) is 4.67. The van der Waals surface area contributed by atoms with Crippen molar-refractivity contribution < 1.29 is 14.6 Å². The van der Waals surface area contributed by atoms with E-state index in [1.54, 1.807) is 7.11 Å². The smallest absolute Gasteiger partial charge is 0.122 e. The van der Waals surface area contributed by atoms with Gasteiger partial charge in [-0.1, -0.05) is 26.0 Å². The third kappa shape index (κ3) is 2.05. The summed E-state index contributed by atoms with van der Waals surface area (Å²) in [5.41, 5.74) is 2.14. The predicted octanol–water partition coefficient (Wildman–Crippen LogP) is 2.08. The molecule has 1 N–H and O–H groups in total. The summed E-state index contributed by atoms with van der Waals surface area (Å²) >= 11 is 0. The second-order valence-corrected chi connectivity index (χ2v) is 5.04. The first-order valence-corrected chi connectivity index (χ1v) is 6.00. The summed E-state index contributed by atoms with van der Waals surface area (Å²) in [5.74, 6) is 1.32. The molecular formula is C14H20O3. The van der Waals surface area contributed by atoms with Crippen molar-refractivity contribution in [3.8, 4) is 5.75 Å². The normalized spacial score (nSPS) is 17.9. The lowest BCUT2D eigenvalue weighted by molar-refractivity contribution is -0.0842. The van der Waals surface area contributed by atoms with Gasteiger partial charge in [0.2, 0.25) is 0 Å². The van der Waals surface area contributed by atoms with E-state index in [0.29, 0.717) is 19.1 Å². The zero-order chi connectivity index (χ0) is 12.5. The van der Waals surface area contributed by atoms with Gasteiger partial charge in [-0.2, -0.15) is 0 Å². The lowest BCUT2D eigenvalue weighted by Gasteiger charge is -2.40. The quantitative estimate of drug-likeness (QED) is 0.870. The average Bonchev–Trinajstić information content (AvgIpc) is 2.28. The molecule has 0 unspecified atom stereocenters. The minimum absolute atomic E-state index is 0.136. The van der Waals surface area contributed by atoms with Gasteiger partial charge in [0.15, 0.2) is 0 Å². The van der Waals surface area contributed by atoms with Gasteiger partial charge in [0.25, 0.3) is 0 Å². The Labute approximate surface area is 102 Å². The van der Waals surface area contributed by atoms with E-state index >= 15 is 0 Å². The standard InChI is InChI=1S/C14H20O3/c1-10(2)12-6-11(4-5-13(12)16-3)14(7-15)8-17-9-14/h4-6,10,15H,7-9H2,1-3H3. The maximum atomic E-state index is 9.53. The van der Waals surface area contributed by atoms with E-state index in [2.05, 4.69) is 19.9 Å². The summed E-state index contributed by atoms with van der Waals surface area (Å²) in [7, 11) is 1.69. The number of methoxy groups -OCH3 is 1. The van der Waals surface area contributed by atoms with E-state index in [1.165, 1.54) is 5.56 Å². The van der Waals surface area contributed by atoms with Crippen molar-refractivity contribution >= 4 is 0 Å². The minimum Gasteiger partial charge on any atom is -0.496 e. The molecule has 0 saturated carbocycles. The highest BCUT2D eigenvalue weighted by Gasteiger charge is 2.40. The average molecular weight is 236 g/mol. The number of benzene rings is 1. The van der Waals surface area contributed by atoms with E-state index in [9.17, 15) is 5.11 Å². The first-order chi connectivity index (χ1) is 8.13. The topological polar surface area (TPSA) is 38.7 Å². The van der Waals surface area contributed by atoms with Crippen LogP contribution in [0.1, 0.15) is 30.9 Å². The van der Waals surface area contributed by atoms with Crippen molar-refractivity contribution in [2.45, 2.75) is 25.2 Å². The Morgan fingerprint density at radius 3 is 2.53 bits per heavy atom. The van der Waals surface area contributed by atoms with Gasteiger partial charge in [-0.3, -0.25) is 0 Å². The fourth-order valence-corrected chi connectivity index (χ4v) is 2.21. The Kier molecular flexibility index (Phi) is 3.40. The summed E-state index contributed by atoms with van der Waals surface area (Å²) in [4.78, 5) is 0. The lowest BCUT2D eigenvalue weighted by Crippen LogP contribution is -2.49. The van der Waals surface area contributed by atoms with Crippen LogP contribution in [-0.2, 0) is 10.2 Å². The molecule has 2 rings (SSSR count). The van der Waals surface area contributed by atoms with Crippen molar-refractivity contribution in [2.75, 3.05) is 26.9 Å². The first-order valence-electron chi connectivity index (χ1n) is 6.00. The largest absolute Gasteiger partial charge is 0.496 e. The molecule has 0 aromatic heterocycles. The molecule has 1 aliphatic rings. The van der Waals surface area contributed by atoms with Crippen LogP contribution in [0.15, 0.2) is 18.2 Å². The summed E-state index contributed by atoms with van der Waals surface area (Å²) in [6.07, 6.45) is 0. The Hall–Kier alpha value is -1.06. The summed E-state index contributed by atoms with van der Waals surface area (Å²) < 4.78 is 10.6. The van der Waals surface area contributed by atoms with Crippen molar-refractivity contribution in [2.24, 2.45) is 0 Å². The molecule has 17 heavy (non-hydrogen) atoms. The Morgan fingerprint density at radius 2 is 2.12 bits per heavy atom. The minimum atomic E-state index is -0.199. The molecule has 0 spiro atoms. The zero-order valence-electron chi connectivity index (χ0n) is 10.7. The second-order valence-electron chi connectivity index (χ2n) is 5.04. The molecule has 1 aliphatic heterocycles. The van der Waals surface area contributed by atoms with Gasteiger partial charge in [0.1, 0.15) is 5.75 Å². The highest BCUT2D eigenvalue weighted by molar-refractivity contribution is 5.43. The Morgan fingerprint density at radius 1 is 1.41 bits per heavy atom. The van der Waals surface area contributed by atoms with Gasteiger partial charge in [0, 0.05) is 0 Å². The number of rotatable bonds is 4. The monoisotopic (exact) mass is 236 g/mol. The molecule has 1 saturated heterocycles. The highest BCUT2D eigenvalue weighted by atomic mass is 16.5. The third-order valence-electron chi connectivity index (χ3n) is 3.52. The van der Waals surface area contributed by atoms with Crippen LogP contribution in [0.4, 0.5) is 0 Å². The van der Waals surface area contributed by atoms with Crippen molar-refractivity contribution in [3.63, 3.8) is 0 Å². The third-order valence-corrected chi connectivity index (χ3v) is 3.52. The zero-order valence-corrected chi connectivity index (χ0v) is 10.7.